The van der Waals surface area contributed by atoms with Gasteiger partial charge in [0.25, 0.3) is 5.91 Å². The number of ether oxygens (including phenoxy) is 1. The van der Waals surface area contributed by atoms with Crippen LogP contribution in [0.4, 0.5) is 5.69 Å². The first-order chi connectivity index (χ1) is 10.9. The number of H-pyrrole nitrogens is 1. The molecule has 120 valence electrons. The molecule has 0 aliphatic carbocycles. The zero-order chi connectivity index (χ0) is 17.0. The van der Waals surface area contributed by atoms with Gasteiger partial charge in [-0.25, -0.2) is 4.79 Å². The van der Waals surface area contributed by atoms with E-state index in [0.29, 0.717) is 11.3 Å². The van der Waals surface area contributed by atoms with Gasteiger partial charge in [-0.2, -0.15) is 0 Å². The summed E-state index contributed by atoms with van der Waals surface area (Å²) in [5.41, 5.74) is 1.10. The van der Waals surface area contributed by atoms with Gasteiger partial charge in [0.15, 0.2) is 11.9 Å². The van der Waals surface area contributed by atoms with E-state index in [2.05, 4.69) is 26.2 Å². The van der Waals surface area contributed by atoms with Gasteiger partial charge >= 0.3 is 5.97 Å². The quantitative estimate of drug-likeness (QED) is 0.617. The molecular formula is C16H15BrN2O4. The number of halogens is 1. The van der Waals surface area contributed by atoms with Gasteiger partial charge in [0, 0.05) is 21.9 Å². The zero-order valence-electron chi connectivity index (χ0n) is 12.6. The van der Waals surface area contributed by atoms with Gasteiger partial charge in [-0.1, -0.05) is 15.9 Å². The van der Waals surface area contributed by atoms with Crippen LogP contribution in [0.25, 0.3) is 0 Å². The summed E-state index contributed by atoms with van der Waals surface area (Å²) in [7, 11) is 0. The van der Waals surface area contributed by atoms with Crippen LogP contribution in [0.3, 0.4) is 0 Å². The van der Waals surface area contributed by atoms with Crippen molar-refractivity contribution in [2.45, 2.75) is 20.0 Å². The molecule has 0 fully saturated rings. The number of hydrogen-bond donors (Lipinski definition) is 2. The predicted molar refractivity (Wildman–Crippen MR) is 88.4 cm³/mol. The molecule has 1 amide bonds. The van der Waals surface area contributed by atoms with Crippen LogP contribution in [0.1, 0.15) is 34.7 Å². The summed E-state index contributed by atoms with van der Waals surface area (Å²) in [6, 6.07) is 8.41. The molecule has 0 aliphatic heterocycles. The largest absolute Gasteiger partial charge is 0.448 e. The fraction of sp³-hybridized carbons (Fsp3) is 0.188. The summed E-state index contributed by atoms with van der Waals surface area (Å²) < 4.78 is 5.98. The highest BCUT2D eigenvalue weighted by Gasteiger charge is 2.20. The highest BCUT2D eigenvalue weighted by molar-refractivity contribution is 9.10. The third-order valence-corrected chi connectivity index (χ3v) is 3.60. The molecule has 0 bridgehead atoms. The third-order valence-electron chi connectivity index (χ3n) is 3.07. The Balaban J connectivity index is 1.95. The van der Waals surface area contributed by atoms with Crippen LogP contribution in [0.5, 0.6) is 0 Å². The van der Waals surface area contributed by atoms with Crippen molar-refractivity contribution in [3.05, 3.63) is 52.3 Å². The molecule has 1 atom stereocenters. The molecule has 0 unspecified atom stereocenters. The van der Waals surface area contributed by atoms with E-state index in [4.69, 9.17) is 4.74 Å². The van der Waals surface area contributed by atoms with Gasteiger partial charge in [-0.15, -0.1) is 0 Å². The summed E-state index contributed by atoms with van der Waals surface area (Å²) in [5.74, 6) is -1.31. The Morgan fingerprint density at radius 3 is 2.43 bits per heavy atom. The van der Waals surface area contributed by atoms with Crippen molar-refractivity contribution >= 4 is 39.3 Å². The Bertz CT molecular complexity index is 737. The molecule has 0 saturated carbocycles. The number of anilines is 1. The number of amides is 1. The van der Waals surface area contributed by atoms with Crippen LogP contribution < -0.4 is 5.32 Å². The van der Waals surface area contributed by atoms with Crippen molar-refractivity contribution in [1.82, 2.24) is 4.98 Å². The SMILES string of the molecule is CC(=O)c1c[nH]c(C(=O)O[C@@H](C)C(=O)Nc2ccc(Br)cc2)c1. The molecular weight excluding hydrogens is 364 g/mol. The minimum atomic E-state index is -0.977. The normalized spacial score (nSPS) is 11.6. The summed E-state index contributed by atoms with van der Waals surface area (Å²) in [6.45, 7) is 2.87. The van der Waals surface area contributed by atoms with Crippen molar-refractivity contribution in [3.63, 3.8) is 0 Å². The van der Waals surface area contributed by atoms with E-state index in [1.807, 2.05) is 0 Å². The molecule has 1 heterocycles. The molecule has 0 saturated heterocycles. The number of esters is 1. The Hall–Kier alpha value is -2.41. The van der Waals surface area contributed by atoms with Crippen molar-refractivity contribution in [2.24, 2.45) is 0 Å². The maximum atomic E-state index is 12.0. The molecule has 2 rings (SSSR count). The number of rotatable bonds is 5. The molecule has 7 heteroatoms. The third kappa shape index (κ3) is 4.53. The van der Waals surface area contributed by atoms with E-state index in [0.717, 1.165) is 4.47 Å². The first kappa shape index (κ1) is 17.0. The summed E-state index contributed by atoms with van der Waals surface area (Å²) in [6.07, 6.45) is 0.445. The second-order valence-electron chi connectivity index (χ2n) is 4.90. The minimum Gasteiger partial charge on any atom is -0.448 e. The van der Waals surface area contributed by atoms with Gasteiger partial charge in [0.05, 0.1) is 0 Å². The van der Waals surface area contributed by atoms with E-state index < -0.39 is 18.0 Å². The van der Waals surface area contributed by atoms with E-state index in [1.165, 1.54) is 26.1 Å². The van der Waals surface area contributed by atoms with Crippen LogP contribution in [-0.4, -0.2) is 28.7 Å². The highest BCUT2D eigenvalue weighted by atomic mass is 79.9. The Kier molecular flexibility index (Phi) is 5.33. The number of nitrogens with one attached hydrogen (secondary N) is 2. The number of Topliss-reactive ketones (excluding diaryl/α,β-unsaturated/α-hetero) is 1. The van der Waals surface area contributed by atoms with Gasteiger partial charge < -0.3 is 15.0 Å². The molecule has 0 radical (unpaired) electrons. The number of hydrogen-bond acceptors (Lipinski definition) is 4. The van der Waals surface area contributed by atoms with Gasteiger partial charge in [-0.05, 0) is 44.2 Å². The maximum Gasteiger partial charge on any atom is 0.355 e. The summed E-state index contributed by atoms with van der Waals surface area (Å²) in [4.78, 5) is 37.8. The zero-order valence-corrected chi connectivity index (χ0v) is 14.1. The average molecular weight is 379 g/mol. The minimum absolute atomic E-state index is 0.124. The number of carbonyl (C=O) groups excluding carboxylic acids is 3. The smallest absolute Gasteiger partial charge is 0.355 e. The lowest BCUT2D eigenvalue weighted by Crippen LogP contribution is -2.30. The first-order valence-corrected chi connectivity index (χ1v) is 7.63. The van der Waals surface area contributed by atoms with E-state index in [9.17, 15) is 14.4 Å². The van der Waals surface area contributed by atoms with Crippen molar-refractivity contribution in [2.75, 3.05) is 5.32 Å². The molecule has 2 N–H and O–H groups in total. The van der Waals surface area contributed by atoms with Gasteiger partial charge in [0.2, 0.25) is 0 Å². The number of aromatic nitrogens is 1. The monoisotopic (exact) mass is 378 g/mol. The fourth-order valence-corrected chi connectivity index (χ4v) is 2.03. The Labute approximate surface area is 141 Å². The fourth-order valence-electron chi connectivity index (χ4n) is 1.77. The van der Waals surface area contributed by atoms with Crippen LogP contribution in [0.15, 0.2) is 41.0 Å². The molecule has 0 aliphatic rings. The Morgan fingerprint density at radius 2 is 1.87 bits per heavy atom. The van der Waals surface area contributed by atoms with Crippen LogP contribution in [0, 0.1) is 0 Å². The second-order valence-corrected chi connectivity index (χ2v) is 5.82. The average Bonchev–Trinajstić information content (AvgIpc) is 2.99. The Morgan fingerprint density at radius 1 is 1.22 bits per heavy atom. The van der Waals surface area contributed by atoms with Crippen LogP contribution in [0.2, 0.25) is 0 Å². The molecule has 0 spiro atoms. The number of carbonyl (C=O) groups is 3. The summed E-state index contributed by atoms with van der Waals surface area (Å²) in [5, 5.41) is 2.65. The summed E-state index contributed by atoms with van der Waals surface area (Å²) >= 11 is 3.30. The van der Waals surface area contributed by atoms with Gasteiger partial charge in [-0.3, -0.25) is 9.59 Å². The molecule has 1 aromatic carbocycles. The standard InChI is InChI=1S/C16H15BrN2O4/c1-9(20)11-7-14(18-8-11)16(22)23-10(2)15(21)19-13-5-3-12(17)4-6-13/h3-8,10,18H,1-2H3,(H,19,21)/t10-/m0/s1. The first-order valence-electron chi connectivity index (χ1n) is 6.83. The highest BCUT2D eigenvalue weighted by Crippen LogP contribution is 2.15. The molecule has 23 heavy (non-hydrogen) atoms. The second kappa shape index (κ2) is 7.23. The molecule has 6 nitrogen and oxygen atoms in total. The van der Waals surface area contributed by atoms with Gasteiger partial charge in [0.1, 0.15) is 5.69 Å². The lowest BCUT2D eigenvalue weighted by atomic mass is 10.2. The molecule has 2 aromatic rings. The molecule has 1 aromatic heterocycles. The van der Waals surface area contributed by atoms with Crippen molar-refractivity contribution < 1.29 is 19.1 Å². The van der Waals surface area contributed by atoms with Crippen molar-refractivity contribution in [3.8, 4) is 0 Å². The lowest BCUT2D eigenvalue weighted by Gasteiger charge is -2.13. The number of aromatic amines is 1. The van der Waals surface area contributed by atoms with Crippen LogP contribution >= 0.6 is 15.9 Å². The predicted octanol–water partition coefficient (Wildman–Crippen LogP) is 3.16. The van der Waals surface area contributed by atoms with Crippen LogP contribution in [-0.2, 0) is 9.53 Å². The van der Waals surface area contributed by atoms with E-state index in [1.54, 1.807) is 24.3 Å². The van der Waals surface area contributed by atoms with Crippen molar-refractivity contribution in [1.29, 1.82) is 0 Å². The maximum absolute atomic E-state index is 12.0. The topological polar surface area (TPSA) is 88.3 Å². The number of benzene rings is 1. The van der Waals surface area contributed by atoms with E-state index in [-0.39, 0.29) is 11.5 Å². The van der Waals surface area contributed by atoms with E-state index >= 15 is 0 Å². The number of ketones is 1. The lowest BCUT2D eigenvalue weighted by molar-refractivity contribution is -0.123.